The fraction of sp³-hybridized carbons (Fsp3) is 0.777. The minimum Gasteiger partial charge on any atom is -0.363 e. The number of alkyl halides is 3. The lowest BCUT2D eigenvalue weighted by atomic mass is 9.53. The van der Waals surface area contributed by atoms with Gasteiger partial charge in [-0.2, -0.15) is 13.2 Å². The Balaban J connectivity index is 0.000000199. The number of nitrogens with zero attached hydrogens (tertiary/aromatic N) is 3. The molecule has 0 aromatic carbocycles. The molecule has 0 aromatic rings. The van der Waals surface area contributed by atoms with Gasteiger partial charge >= 0.3 is 24.3 Å². The molecule has 13 fully saturated rings. The first-order valence-electron chi connectivity index (χ1n) is 46.6. The van der Waals surface area contributed by atoms with E-state index in [4.69, 9.17) is 5.73 Å². The van der Waals surface area contributed by atoms with E-state index in [9.17, 15) is 85.1 Å². The van der Waals surface area contributed by atoms with Crippen LogP contribution in [0.3, 0.4) is 0 Å². The van der Waals surface area contributed by atoms with Crippen molar-refractivity contribution in [2.45, 2.75) is 336 Å². The molecule has 4 bridgehead atoms. The third-order valence-corrected chi connectivity index (χ3v) is 30.1. The average molecular weight is 1780 g/mol. The topological polar surface area (TPSA) is 424 Å². The average Bonchev–Trinajstić information content (AvgIpc) is 1.54. The highest BCUT2D eigenvalue weighted by molar-refractivity contribution is 6.39. The van der Waals surface area contributed by atoms with Gasteiger partial charge in [0.1, 0.15) is 42.3 Å². The molecule has 127 heavy (non-hydrogen) atoms. The largest absolute Gasteiger partial charge is 0.391 e. The Bertz CT molecular complexity index is 4130. The van der Waals surface area contributed by atoms with E-state index in [-0.39, 0.29) is 125 Å². The van der Waals surface area contributed by atoms with E-state index in [0.717, 1.165) is 83.5 Å². The number of allylic oxidation sites excluding steroid dienone is 1. The summed E-state index contributed by atoms with van der Waals surface area (Å²) < 4.78 is 40.2. The predicted molar refractivity (Wildman–Crippen MR) is 471 cm³/mol. The first-order valence-corrected chi connectivity index (χ1v) is 46.6. The van der Waals surface area contributed by atoms with Crippen molar-refractivity contribution < 1.29 is 85.1 Å². The number of likely N-dealkylation sites (tertiary alicyclic amines) is 3. The van der Waals surface area contributed by atoms with E-state index in [1.165, 1.54) is 36.7 Å². The van der Waals surface area contributed by atoms with Crippen LogP contribution >= 0.6 is 0 Å². The third-order valence-electron chi connectivity index (χ3n) is 30.1. The number of primary amides is 1. The summed E-state index contributed by atoms with van der Waals surface area (Å²) in [5.41, 5.74) is 2.69. The lowest BCUT2D eigenvalue weighted by molar-refractivity contribution is -0.155. The molecule has 0 spiro atoms. The monoisotopic (exact) mass is 1780 g/mol. The van der Waals surface area contributed by atoms with Crippen molar-refractivity contribution in [2.24, 2.45) is 97.9 Å². The number of nitrogens with one attached hydrogen (secondary N) is 11. The van der Waals surface area contributed by atoms with Crippen molar-refractivity contribution in [3.63, 3.8) is 0 Å². The van der Waals surface area contributed by atoms with E-state index < -0.39 is 148 Å². The highest BCUT2D eigenvalue weighted by atomic mass is 19.4. The Morgan fingerprint density at radius 3 is 1.31 bits per heavy atom. The molecule has 13 aliphatic rings. The Morgan fingerprint density at radius 2 is 0.898 bits per heavy atom. The van der Waals surface area contributed by atoms with Crippen molar-refractivity contribution >= 4 is 88.6 Å². The predicted octanol–water partition coefficient (Wildman–Crippen LogP) is 8.93. The van der Waals surface area contributed by atoms with Crippen LogP contribution in [0, 0.1) is 92.2 Å². The molecule has 3 aliphatic heterocycles. The fourth-order valence-electron chi connectivity index (χ4n) is 23.1. The number of Topliss-reactive ketones (excluding diaryl/α,β-unsaturated/α-hetero) is 3. The van der Waals surface area contributed by atoms with Crippen LogP contribution in [0.4, 0.5) is 27.6 Å². The molecular weight excluding hydrogens is 1640 g/mol. The lowest BCUT2D eigenvalue weighted by Gasteiger charge is -2.56. The standard InChI is InChI=1S/C36H55N5O5.C29H44F3N5O5.C29H47N5O5/c1-8-10-12-25(28(42)31(44)37-13-11-9-2)38-30(43)27-26-24(35(26,6)7)20-41(27)32(45)29(34(3,4)5)39-33(46)40-36-17-21-14-22(18-36)16-23(15-21)19-36;1-7-13-33-24(40)22(38)18(14-29(30,31)32)34-23(39)21-19-17(28(19,5)6)15-37(21)25(41)20(16-11-9-8-10-12-16)35-26(42)36-27(2,3)4;1-28(2,3)23(33-27(39)31-17-12-7-6-8-13-17)26(38)34-15-18-20(29(18,4)5)21(34)25(37)32-19(22(35)24(30)36)14-16-10-9-11-16/h8-9,21-27,29H,1-2,10-20H2,3-7H3,(H,37,44)(H,38,43)(H2,39,40,46);7,16-21H,1,8-15H2,2-6H3,(H,33,40)(H,34,39)(H2,35,36,42);16-21,23H,6-15H2,1-5H3,(H2,30,36)(H,32,37)(H2,31,33,39)/t21?,22?,23?,24-,25?,26-,27-,29+,36?;17-,18?,19-,20-,21-;18-,19?,20-,21-,23+/m000/s1. The molecule has 3 saturated heterocycles. The van der Waals surface area contributed by atoms with Crippen molar-refractivity contribution in [2.75, 3.05) is 32.7 Å². The van der Waals surface area contributed by atoms with E-state index in [1.807, 2.05) is 55.4 Å². The Hall–Kier alpha value is -8.94. The molecule has 3 unspecified atom stereocenters. The third kappa shape index (κ3) is 24.0. The minimum absolute atomic E-state index is 0.0637. The van der Waals surface area contributed by atoms with Gasteiger partial charge in [-0.15, -0.1) is 19.7 Å². The maximum Gasteiger partial charge on any atom is 0.391 e. The van der Waals surface area contributed by atoms with Gasteiger partial charge < -0.3 is 78.9 Å². The van der Waals surface area contributed by atoms with E-state index in [1.54, 1.807) is 42.7 Å². The van der Waals surface area contributed by atoms with Gasteiger partial charge in [-0.25, -0.2) is 14.4 Å². The second-order valence-corrected chi connectivity index (χ2v) is 43.9. The van der Waals surface area contributed by atoms with Gasteiger partial charge in [0.2, 0.25) is 52.8 Å². The van der Waals surface area contributed by atoms with E-state index in [2.05, 4.69) is 106 Å². The summed E-state index contributed by atoms with van der Waals surface area (Å²) >= 11 is 0. The number of nitrogens with two attached hydrogens (primary N) is 1. The van der Waals surface area contributed by atoms with Crippen molar-refractivity contribution in [3.05, 3.63) is 38.0 Å². The number of hydrogen-bond acceptors (Lipinski definition) is 15. The van der Waals surface area contributed by atoms with Gasteiger partial charge in [0.15, 0.2) is 0 Å². The number of hydrogen-bond donors (Lipinski definition) is 12. The molecule has 15 amide bonds. The maximum absolute atomic E-state index is 14.4. The number of carbonyl (C=O) groups excluding carboxylic acids is 15. The molecule has 0 aromatic heterocycles. The van der Waals surface area contributed by atoms with Crippen LogP contribution < -0.4 is 64.2 Å². The number of rotatable bonds is 32. The minimum atomic E-state index is -4.85. The molecule has 30 nitrogen and oxygen atoms in total. The molecule has 0 radical (unpaired) electrons. The number of ketones is 3. The smallest absolute Gasteiger partial charge is 0.363 e. The van der Waals surface area contributed by atoms with Gasteiger partial charge in [-0.05, 0) is 203 Å². The maximum atomic E-state index is 14.4. The van der Waals surface area contributed by atoms with Gasteiger partial charge in [-0.1, -0.05) is 159 Å². The second-order valence-electron chi connectivity index (χ2n) is 43.9. The molecule has 15 atom stereocenters. The second kappa shape index (κ2) is 39.8. The van der Waals surface area contributed by atoms with Crippen molar-refractivity contribution in [1.82, 2.24) is 73.2 Å². The number of fused-ring (bicyclic) bond motifs is 3. The molecular formula is C94H146F3N15O15. The quantitative estimate of drug-likeness (QED) is 0.0170. The van der Waals surface area contributed by atoms with Crippen molar-refractivity contribution in [3.8, 4) is 0 Å². The van der Waals surface area contributed by atoms with E-state index >= 15 is 0 Å². The molecule has 13 N–H and O–H groups in total. The number of halogens is 3. The number of urea groups is 3. The van der Waals surface area contributed by atoms with Crippen LogP contribution in [-0.4, -0.2) is 214 Å². The van der Waals surface area contributed by atoms with Crippen LogP contribution in [0.15, 0.2) is 38.0 Å². The molecule has 10 aliphatic carbocycles. The Labute approximate surface area is 747 Å². The number of carbonyl (C=O) groups is 15. The van der Waals surface area contributed by atoms with Crippen LogP contribution in [-0.2, 0) is 57.5 Å². The SMILES string of the molecule is C=CCCNC(=O)C(=O)C(CCC=C)NC(=O)[C@@H]1[C@@H]2[C@H](CN1C(=O)[C@@H](NC(=O)NC13CC4CC(CC(C4)C1)C3)C(C)(C)C)C2(C)C.C=CCNC(=O)C(=O)C(CC(F)(F)F)NC(=O)[C@@H]1[C@@H]2[C@H](CN1C(=O)[C@@H](NC(=O)NC(C)(C)C)C1CCCCC1)C2(C)C.CC(C)(C)[C@H](NC(=O)NC1CCCCC1)C(=O)N1C[C@H]2[C@@H]([C@H]1C(=O)NC(CC1CCC1)C(=O)C(N)=O)C2(C)C. The lowest BCUT2D eigenvalue weighted by Crippen LogP contribution is -2.65. The first-order chi connectivity index (χ1) is 59.2. The van der Waals surface area contributed by atoms with Gasteiger partial charge in [0.25, 0.3) is 17.7 Å². The zero-order valence-electron chi connectivity index (χ0n) is 77.7. The molecule has 13 rings (SSSR count). The molecule has 3 heterocycles. The summed E-state index contributed by atoms with van der Waals surface area (Å²) in [6.07, 6.45) is 18.7. The highest BCUT2D eigenvalue weighted by Crippen LogP contribution is 2.67. The summed E-state index contributed by atoms with van der Waals surface area (Å²) in [6.45, 7) is 40.9. The van der Waals surface area contributed by atoms with Crippen molar-refractivity contribution in [1.29, 1.82) is 0 Å². The van der Waals surface area contributed by atoms with Gasteiger partial charge in [0.05, 0.1) is 18.5 Å². The summed E-state index contributed by atoms with van der Waals surface area (Å²) in [4.78, 5) is 203. The zero-order chi connectivity index (χ0) is 93.9. The molecule has 33 heteroatoms. The summed E-state index contributed by atoms with van der Waals surface area (Å²) in [6, 6.07) is -10.7. The Morgan fingerprint density at radius 1 is 0.472 bits per heavy atom. The van der Waals surface area contributed by atoms with Gasteiger partial charge in [0, 0.05) is 49.8 Å². The summed E-state index contributed by atoms with van der Waals surface area (Å²) in [5, 5.41) is 30.5. The Kier molecular flexibility index (Phi) is 31.4. The van der Waals surface area contributed by atoms with Gasteiger partial charge in [-0.3, -0.25) is 57.5 Å². The summed E-state index contributed by atoms with van der Waals surface area (Å²) in [7, 11) is 0. The molecule has 708 valence electrons. The molecule has 10 saturated carbocycles. The van der Waals surface area contributed by atoms with Crippen LogP contribution in [0.1, 0.15) is 258 Å². The highest BCUT2D eigenvalue weighted by Gasteiger charge is 2.73. The number of amides is 15. The fourth-order valence-corrected chi connectivity index (χ4v) is 23.1. The van der Waals surface area contributed by atoms with Crippen LogP contribution in [0.5, 0.6) is 0 Å². The van der Waals surface area contributed by atoms with Crippen LogP contribution in [0.2, 0.25) is 0 Å². The van der Waals surface area contributed by atoms with Crippen LogP contribution in [0.25, 0.3) is 0 Å². The summed E-state index contributed by atoms with van der Waals surface area (Å²) in [5.74, 6) is -7.16. The normalized spacial score (nSPS) is 28.7. The van der Waals surface area contributed by atoms with E-state index in [0.29, 0.717) is 62.9 Å². The first kappa shape index (κ1) is 100. The number of piperidine rings is 3. The zero-order valence-corrected chi connectivity index (χ0v) is 77.7.